The van der Waals surface area contributed by atoms with Crippen molar-refractivity contribution in [2.45, 2.75) is 25.3 Å². The van der Waals surface area contributed by atoms with E-state index < -0.39 is 11.9 Å². The number of alkyl halides is 2. The monoisotopic (exact) mass is 427 g/mol. The molecule has 1 aliphatic heterocycles. The highest BCUT2D eigenvalue weighted by Gasteiger charge is 2.33. The summed E-state index contributed by atoms with van der Waals surface area (Å²) < 4.78 is 28.7. The average Bonchev–Trinajstić information content (AvgIpc) is 3.16. The first kappa shape index (κ1) is 20.9. The van der Waals surface area contributed by atoms with E-state index in [0.29, 0.717) is 37.6 Å². The standard InChI is InChI=1S/C22H23F2N5O2/c23-22(24)7-10-28(11-8-22)12-13-29-20(16-4-2-1-3-5-16)19(15-26-29)27-18-14-25-9-6-17(18)21(30)31/h1-6,9,14-15,27H,7-8,10-13H2,(H,30,31). The Hall–Kier alpha value is -3.33. The number of pyridine rings is 1. The summed E-state index contributed by atoms with van der Waals surface area (Å²) in [5.41, 5.74) is 2.82. The Kier molecular flexibility index (Phi) is 5.94. The lowest BCUT2D eigenvalue weighted by Gasteiger charge is -2.31. The Labute approximate surface area is 178 Å². The summed E-state index contributed by atoms with van der Waals surface area (Å²) in [5, 5.41) is 17.1. The molecule has 0 saturated carbocycles. The van der Waals surface area contributed by atoms with Crippen LogP contribution in [0.1, 0.15) is 23.2 Å². The van der Waals surface area contributed by atoms with E-state index in [9.17, 15) is 18.7 Å². The molecule has 31 heavy (non-hydrogen) atoms. The molecule has 1 aliphatic rings. The maximum atomic E-state index is 13.4. The minimum atomic E-state index is -2.57. The Morgan fingerprint density at radius 1 is 1.06 bits per heavy atom. The topological polar surface area (TPSA) is 83.3 Å². The molecule has 0 spiro atoms. The van der Waals surface area contributed by atoms with Crippen LogP contribution in [0.15, 0.2) is 55.0 Å². The number of carbonyl (C=O) groups is 1. The number of halogens is 2. The van der Waals surface area contributed by atoms with Crippen molar-refractivity contribution >= 4 is 17.3 Å². The molecule has 0 radical (unpaired) electrons. The number of carboxylic acid groups (broad SMARTS) is 1. The zero-order chi connectivity index (χ0) is 21.8. The number of likely N-dealkylation sites (tertiary alicyclic amines) is 1. The van der Waals surface area contributed by atoms with Gasteiger partial charge in [0.05, 0.1) is 41.6 Å². The predicted octanol–water partition coefficient (Wildman–Crippen LogP) is 4.12. The van der Waals surface area contributed by atoms with Crippen molar-refractivity contribution in [3.05, 3.63) is 60.6 Å². The molecule has 7 nitrogen and oxygen atoms in total. The summed E-state index contributed by atoms with van der Waals surface area (Å²) in [4.78, 5) is 17.6. The lowest BCUT2D eigenvalue weighted by Crippen LogP contribution is -2.40. The molecular formula is C22H23F2N5O2. The Morgan fingerprint density at radius 2 is 1.81 bits per heavy atom. The van der Waals surface area contributed by atoms with Gasteiger partial charge >= 0.3 is 5.97 Å². The van der Waals surface area contributed by atoms with Crippen LogP contribution in [0.4, 0.5) is 20.2 Å². The van der Waals surface area contributed by atoms with Gasteiger partial charge in [-0.2, -0.15) is 5.10 Å². The van der Waals surface area contributed by atoms with Crippen LogP contribution >= 0.6 is 0 Å². The van der Waals surface area contributed by atoms with Crippen molar-refractivity contribution in [1.29, 1.82) is 0 Å². The van der Waals surface area contributed by atoms with Crippen LogP contribution in [-0.4, -0.2) is 56.3 Å². The zero-order valence-corrected chi connectivity index (χ0v) is 16.8. The number of benzene rings is 1. The molecule has 0 bridgehead atoms. The van der Waals surface area contributed by atoms with Crippen molar-refractivity contribution in [3.63, 3.8) is 0 Å². The van der Waals surface area contributed by atoms with E-state index in [1.54, 1.807) is 6.20 Å². The second-order valence-corrected chi connectivity index (χ2v) is 7.55. The van der Waals surface area contributed by atoms with E-state index in [1.807, 2.05) is 39.9 Å². The maximum Gasteiger partial charge on any atom is 0.337 e. The van der Waals surface area contributed by atoms with Gasteiger partial charge in [0.25, 0.3) is 5.92 Å². The SMILES string of the molecule is O=C(O)c1ccncc1Nc1cnn(CCN2CCC(F)(F)CC2)c1-c1ccccc1. The number of rotatable bonds is 7. The Bertz CT molecular complexity index is 1050. The number of aromatic nitrogens is 3. The van der Waals surface area contributed by atoms with E-state index in [4.69, 9.17) is 0 Å². The quantitative estimate of drug-likeness (QED) is 0.590. The summed E-state index contributed by atoms with van der Waals surface area (Å²) in [6.45, 7) is 1.84. The molecule has 1 saturated heterocycles. The third-order valence-corrected chi connectivity index (χ3v) is 5.42. The summed E-state index contributed by atoms with van der Waals surface area (Å²) in [6, 6.07) is 11.1. The van der Waals surface area contributed by atoms with Gasteiger partial charge in [-0.25, -0.2) is 13.6 Å². The second-order valence-electron chi connectivity index (χ2n) is 7.55. The van der Waals surface area contributed by atoms with E-state index >= 15 is 0 Å². The number of anilines is 2. The van der Waals surface area contributed by atoms with E-state index in [0.717, 1.165) is 11.3 Å². The molecular weight excluding hydrogens is 404 g/mol. The summed E-state index contributed by atoms with van der Waals surface area (Å²) >= 11 is 0. The fraction of sp³-hybridized carbons (Fsp3) is 0.318. The maximum absolute atomic E-state index is 13.4. The van der Waals surface area contributed by atoms with Crippen LogP contribution in [0.2, 0.25) is 0 Å². The van der Waals surface area contributed by atoms with E-state index in [1.165, 1.54) is 18.5 Å². The number of nitrogens with one attached hydrogen (secondary N) is 1. The highest BCUT2D eigenvalue weighted by atomic mass is 19.3. The van der Waals surface area contributed by atoms with Gasteiger partial charge in [0, 0.05) is 44.2 Å². The molecule has 162 valence electrons. The first-order valence-corrected chi connectivity index (χ1v) is 10.1. The zero-order valence-electron chi connectivity index (χ0n) is 16.8. The van der Waals surface area contributed by atoms with Crippen molar-refractivity contribution < 1.29 is 18.7 Å². The van der Waals surface area contributed by atoms with Crippen LogP contribution in [-0.2, 0) is 6.54 Å². The van der Waals surface area contributed by atoms with Gasteiger partial charge in [0.2, 0.25) is 0 Å². The van der Waals surface area contributed by atoms with Crippen LogP contribution < -0.4 is 5.32 Å². The second kappa shape index (κ2) is 8.81. The van der Waals surface area contributed by atoms with Gasteiger partial charge in [0.1, 0.15) is 0 Å². The number of hydrogen-bond donors (Lipinski definition) is 2. The van der Waals surface area contributed by atoms with Gasteiger partial charge in [-0.05, 0) is 6.07 Å². The molecule has 4 rings (SSSR count). The van der Waals surface area contributed by atoms with Gasteiger partial charge in [-0.1, -0.05) is 30.3 Å². The van der Waals surface area contributed by atoms with Gasteiger partial charge in [-0.15, -0.1) is 0 Å². The van der Waals surface area contributed by atoms with Crippen molar-refractivity contribution in [3.8, 4) is 11.3 Å². The lowest BCUT2D eigenvalue weighted by molar-refractivity contribution is -0.0555. The molecule has 1 fully saturated rings. The highest BCUT2D eigenvalue weighted by molar-refractivity contribution is 5.95. The van der Waals surface area contributed by atoms with Crippen LogP contribution in [0.3, 0.4) is 0 Å². The van der Waals surface area contributed by atoms with E-state index in [2.05, 4.69) is 15.4 Å². The molecule has 1 aromatic carbocycles. The Balaban J connectivity index is 1.59. The molecule has 3 heterocycles. The number of aromatic carboxylic acids is 1. The third-order valence-electron chi connectivity index (χ3n) is 5.42. The largest absolute Gasteiger partial charge is 0.478 e. The van der Waals surface area contributed by atoms with Gasteiger partial charge < -0.3 is 15.3 Å². The first-order valence-electron chi connectivity index (χ1n) is 10.1. The lowest BCUT2D eigenvalue weighted by atomic mass is 10.1. The molecule has 9 heteroatoms. The highest BCUT2D eigenvalue weighted by Crippen LogP contribution is 2.32. The van der Waals surface area contributed by atoms with E-state index in [-0.39, 0.29) is 18.4 Å². The molecule has 2 aromatic heterocycles. The predicted molar refractivity (Wildman–Crippen MR) is 113 cm³/mol. The van der Waals surface area contributed by atoms with Gasteiger partial charge in [-0.3, -0.25) is 9.67 Å². The van der Waals surface area contributed by atoms with Crippen molar-refractivity contribution in [1.82, 2.24) is 19.7 Å². The first-order chi connectivity index (χ1) is 14.9. The van der Waals surface area contributed by atoms with Crippen LogP contribution in [0.5, 0.6) is 0 Å². The molecule has 0 atom stereocenters. The number of hydrogen-bond acceptors (Lipinski definition) is 5. The molecule has 3 aromatic rings. The number of piperidine rings is 1. The van der Waals surface area contributed by atoms with Crippen molar-refractivity contribution in [2.75, 3.05) is 25.0 Å². The molecule has 0 unspecified atom stereocenters. The fourth-order valence-corrected chi connectivity index (χ4v) is 3.71. The van der Waals surface area contributed by atoms with Crippen LogP contribution in [0, 0.1) is 0 Å². The Morgan fingerprint density at radius 3 is 2.52 bits per heavy atom. The summed E-state index contributed by atoms with van der Waals surface area (Å²) in [7, 11) is 0. The number of nitrogens with zero attached hydrogens (tertiary/aromatic N) is 4. The van der Waals surface area contributed by atoms with Gasteiger partial charge in [0.15, 0.2) is 0 Å². The number of carboxylic acids is 1. The van der Waals surface area contributed by atoms with Crippen LogP contribution in [0.25, 0.3) is 11.3 Å². The third kappa shape index (κ3) is 4.88. The summed E-state index contributed by atoms with van der Waals surface area (Å²) in [5.74, 6) is -3.62. The molecule has 0 amide bonds. The summed E-state index contributed by atoms with van der Waals surface area (Å²) in [6.07, 6.45) is 4.29. The smallest absolute Gasteiger partial charge is 0.337 e. The molecule has 0 aliphatic carbocycles. The normalized spacial score (nSPS) is 16.2. The average molecular weight is 427 g/mol. The minimum Gasteiger partial charge on any atom is -0.478 e. The minimum absolute atomic E-state index is 0.107. The van der Waals surface area contributed by atoms with Crippen molar-refractivity contribution in [2.24, 2.45) is 0 Å². The fourth-order valence-electron chi connectivity index (χ4n) is 3.71. The molecule has 2 N–H and O–H groups in total.